The lowest BCUT2D eigenvalue weighted by atomic mass is 9.85. The molecule has 25 heavy (non-hydrogen) atoms. The van der Waals surface area contributed by atoms with Gasteiger partial charge in [-0.05, 0) is 49.9 Å². The smallest absolute Gasteiger partial charge is 0.191 e. The van der Waals surface area contributed by atoms with Gasteiger partial charge in [0.25, 0.3) is 0 Å². The molecule has 0 aromatic rings. The number of sulfone groups is 1. The Morgan fingerprint density at radius 3 is 2.40 bits per heavy atom. The van der Waals surface area contributed by atoms with Gasteiger partial charge in [0.05, 0.1) is 11.5 Å². The van der Waals surface area contributed by atoms with Crippen molar-refractivity contribution in [1.82, 2.24) is 10.6 Å². The first-order valence-electron chi connectivity index (χ1n) is 9.77. The summed E-state index contributed by atoms with van der Waals surface area (Å²) in [5, 5.41) is 7.17. The fourth-order valence-electron chi connectivity index (χ4n) is 4.03. The van der Waals surface area contributed by atoms with Gasteiger partial charge in [-0.25, -0.2) is 8.42 Å². The fraction of sp³-hybridized carbons (Fsp3) is 0.944. The second-order valence-corrected chi connectivity index (χ2v) is 10.4. The molecule has 0 bridgehead atoms. The number of nitrogens with zero attached hydrogens (tertiary/aromatic N) is 1. The number of hydrogen-bond donors (Lipinski definition) is 2. The van der Waals surface area contributed by atoms with Crippen molar-refractivity contribution in [1.29, 1.82) is 0 Å². The maximum atomic E-state index is 11.6. The molecule has 2 N–H and O–H groups in total. The summed E-state index contributed by atoms with van der Waals surface area (Å²) in [6.45, 7) is 3.94. The Bertz CT molecular complexity index is 549. The minimum Gasteiger partial charge on any atom is -0.356 e. The molecule has 1 aliphatic heterocycles. The van der Waals surface area contributed by atoms with E-state index in [9.17, 15) is 8.42 Å². The fourth-order valence-corrected chi connectivity index (χ4v) is 5.88. The summed E-state index contributed by atoms with van der Waals surface area (Å²) in [7, 11) is -2.81. The van der Waals surface area contributed by atoms with Crippen LogP contribution in [-0.2, 0) is 9.84 Å². The summed E-state index contributed by atoms with van der Waals surface area (Å²) in [5.74, 6) is 3.22. The Morgan fingerprint density at radius 2 is 1.80 bits per heavy atom. The highest BCUT2D eigenvalue weighted by Crippen LogP contribution is 2.26. The Hall–Kier alpha value is -0.0500. The summed E-state index contributed by atoms with van der Waals surface area (Å²) >= 11 is 0. The number of halogens is 1. The zero-order valence-corrected chi connectivity index (χ0v) is 18.5. The SMILES string of the molecule is CC1CCCCC1NC(=NCC1CCS(=O)(=O)C1)NCC1CCC1.I. The third-order valence-electron chi connectivity index (χ3n) is 6.05. The zero-order valence-electron chi connectivity index (χ0n) is 15.4. The monoisotopic (exact) mass is 483 g/mol. The van der Waals surface area contributed by atoms with Crippen LogP contribution >= 0.6 is 24.0 Å². The Morgan fingerprint density at radius 1 is 1.04 bits per heavy atom. The van der Waals surface area contributed by atoms with Gasteiger partial charge in [0, 0.05) is 19.1 Å². The number of guanidine groups is 1. The highest BCUT2D eigenvalue weighted by Gasteiger charge is 2.28. The molecule has 3 fully saturated rings. The molecule has 2 saturated carbocycles. The molecule has 0 aromatic carbocycles. The Labute approximate surface area is 170 Å². The van der Waals surface area contributed by atoms with E-state index in [2.05, 4.69) is 17.6 Å². The Balaban J connectivity index is 0.00000225. The van der Waals surface area contributed by atoms with Crippen LogP contribution in [0.25, 0.3) is 0 Å². The Kier molecular flexibility index (Phi) is 8.30. The molecular formula is C18H34IN3O2S. The van der Waals surface area contributed by atoms with Crippen LogP contribution in [0.15, 0.2) is 4.99 Å². The highest BCUT2D eigenvalue weighted by molar-refractivity contribution is 14.0. The van der Waals surface area contributed by atoms with Crippen molar-refractivity contribution in [3.63, 3.8) is 0 Å². The quantitative estimate of drug-likeness (QED) is 0.359. The van der Waals surface area contributed by atoms with E-state index in [1.54, 1.807) is 0 Å². The van der Waals surface area contributed by atoms with E-state index in [1.165, 1.54) is 44.9 Å². The van der Waals surface area contributed by atoms with E-state index in [0.29, 0.717) is 30.0 Å². The lowest BCUT2D eigenvalue weighted by Gasteiger charge is -2.32. The van der Waals surface area contributed by atoms with E-state index < -0.39 is 9.84 Å². The molecule has 2 aliphatic carbocycles. The van der Waals surface area contributed by atoms with Crippen LogP contribution in [0.4, 0.5) is 0 Å². The number of hydrogen-bond acceptors (Lipinski definition) is 3. The van der Waals surface area contributed by atoms with E-state index in [-0.39, 0.29) is 29.9 Å². The average molecular weight is 483 g/mol. The summed E-state index contributed by atoms with van der Waals surface area (Å²) in [4.78, 5) is 4.76. The molecule has 1 saturated heterocycles. The van der Waals surface area contributed by atoms with Gasteiger partial charge < -0.3 is 10.6 Å². The maximum absolute atomic E-state index is 11.6. The van der Waals surface area contributed by atoms with Crippen LogP contribution in [-0.4, -0.2) is 45.0 Å². The zero-order chi connectivity index (χ0) is 17.0. The van der Waals surface area contributed by atoms with Gasteiger partial charge >= 0.3 is 0 Å². The highest BCUT2D eigenvalue weighted by atomic mass is 127. The third kappa shape index (κ3) is 6.56. The average Bonchev–Trinajstić information content (AvgIpc) is 2.84. The van der Waals surface area contributed by atoms with Crippen LogP contribution in [0.2, 0.25) is 0 Å². The van der Waals surface area contributed by atoms with Crippen LogP contribution in [0.1, 0.15) is 58.3 Å². The number of nitrogens with one attached hydrogen (secondary N) is 2. The first-order valence-corrected chi connectivity index (χ1v) is 11.6. The molecule has 3 atom stereocenters. The second kappa shape index (κ2) is 9.76. The molecule has 3 unspecified atom stereocenters. The summed E-state index contributed by atoms with van der Waals surface area (Å²) in [6, 6.07) is 0.499. The van der Waals surface area contributed by atoms with Crippen molar-refractivity contribution >= 4 is 39.8 Å². The number of rotatable bonds is 5. The van der Waals surface area contributed by atoms with E-state index in [1.807, 2.05) is 0 Å². The van der Waals surface area contributed by atoms with Crippen LogP contribution < -0.4 is 10.6 Å². The molecule has 0 spiro atoms. The van der Waals surface area contributed by atoms with Crippen LogP contribution in [0.3, 0.4) is 0 Å². The lowest BCUT2D eigenvalue weighted by molar-refractivity contribution is 0.298. The minimum atomic E-state index is -2.81. The van der Waals surface area contributed by atoms with Gasteiger partial charge in [-0.3, -0.25) is 4.99 Å². The topological polar surface area (TPSA) is 70.6 Å². The largest absolute Gasteiger partial charge is 0.356 e. The predicted molar refractivity (Wildman–Crippen MR) is 114 cm³/mol. The van der Waals surface area contributed by atoms with E-state index in [4.69, 9.17) is 4.99 Å². The van der Waals surface area contributed by atoms with Crippen LogP contribution in [0, 0.1) is 17.8 Å². The molecule has 0 amide bonds. The number of aliphatic imine (C=N–C) groups is 1. The molecule has 0 radical (unpaired) electrons. The van der Waals surface area contributed by atoms with Gasteiger partial charge in [-0.15, -0.1) is 24.0 Å². The van der Waals surface area contributed by atoms with Crippen LogP contribution in [0.5, 0.6) is 0 Å². The summed E-state index contributed by atoms with van der Waals surface area (Å²) < 4.78 is 23.3. The second-order valence-electron chi connectivity index (χ2n) is 8.15. The van der Waals surface area contributed by atoms with Crippen molar-refractivity contribution < 1.29 is 8.42 Å². The molecule has 3 aliphatic rings. The van der Waals surface area contributed by atoms with Gasteiger partial charge in [0.2, 0.25) is 0 Å². The van der Waals surface area contributed by atoms with Gasteiger partial charge in [-0.1, -0.05) is 26.2 Å². The molecule has 146 valence electrons. The first-order chi connectivity index (χ1) is 11.5. The molecule has 5 nitrogen and oxygen atoms in total. The molecular weight excluding hydrogens is 449 g/mol. The van der Waals surface area contributed by atoms with Gasteiger partial charge in [-0.2, -0.15) is 0 Å². The predicted octanol–water partition coefficient (Wildman–Crippen LogP) is 2.95. The minimum absolute atomic E-state index is 0. The first kappa shape index (κ1) is 21.3. The standard InChI is InChI=1S/C18H33N3O2S.HI/c1-14-5-2-3-8-17(14)21-18(19-11-15-6-4-7-15)20-12-16-9-10-24(22,23)13-16;/h14-17H,2-13H2,1H3,(H2,19,20,21);1H. The molecule has 0 aromatic heterocycles. The molecule has 1 heterocycles. The van der Waals surface area contributed by atoms with Crippen molar-refractivity contribution in [2.45, 2.75) is 64.3 Å². The maximum Gasteiger partial charge on any atom is 0.191 e. The van der Waals surface area contributed by atoms with Gasteiger partial charge in [0.15, 0.2) is 15.8 Å². The third-order valence-corrected chi connectivity index (χ3v) is 7.89. The van der Waals surface area contributed by atoms with E-state index in [0.717, 1.165) is 24.8 Å². The van der Waals surface area contributed by atoms with Gasteiger partial charge in [0.1, 0.15) is 0 Å². The van der Waals surface area contributed by atoms with Crippen molar-refractivity contribution in [3.8, 4) is 0 Å². The van der Waals surface area contributed by atoms with Crippen molar-refractivity contribution in [3.05, 3.63) is 0 Å². The molecule has 3 rings (SSSR count). The summed E-state index contributed by atoms with van der Waals surface area (Å²) in [5.41, 5.74) is 0. The summed E-state index contributed by atoms with van der Waals surface area (Å²) in [6.07, 6.45) is 9.88. The normalized spacial score (nSPS) is 32.5. The van der Waals surface area contributed by atoms with Crippen molar-refractivity contribution in [2.24, 2.45) is 22.7 Å². The lowest BCUT2D eigenvalue weighted by Crippen LogP contribution is -2.48. The van der Waals surface area contributed by atoms with Crippen molar-refractivity contribution in [2.75, 3.05) is 24.6 Å². The van der Waals surface area contributed by atoms with E-state index >= 15 is 0 Å². The molecule has 7 heteroatoms.